The number of nitrogens with one attached hydrogen (secondary N) is 2. The number of carbonyl (C=O) groups is 2. The summed E-state index contributed by atoms with van der Waals surface area (Å²) in [6.45, 7) is 1.48. The van der Waals surface area contributed by atoms with Gasteiger partial charge in [-0.25, -0.2) is 4.79 Å². The second-order valence-corrected chi connectivity index (χ2v) is 6.97. The van der Waals surface area contributed by atoms with Crippen molar-refractivity contribution in [1.29, 1.82) is 0 Å². The highest BCUT2D eigenvalue weighted by Gasteiger charge is 2.32. The van der Waals surface area contributed by atoms with E-state index in [9.17, 15) is 9.59 Å². The highest BCUT2D eigenvalue weighted by molar-refractivity contribution is 6.42. The fourth-order valence-electron chi connectivity index (χ4n) is 2.95. The highest BCUT2D eigenvalue weighted by atomic mass is 35.5. The van der Waals surface area contributed by atoms with Gasteiger partial charge >= 0.3 is 5.97 Å². The molecule has 1 amide bonds. The van der Waals surface area contributed by atoms with Crippen LogP contribution in [0.1, 0.15) is 22.0 Å². The maximum absolute atomic E-state index is 12.9. The fraction of sp³-hybridized carbons (Fsp3) is 0.263. The molecule has 1 fully saturated rings. The van der Waals surface area contributed by atoms with Crippen LogP contribution in [0.5, 0.6) is 0 Å². The number of ether oxygens (including phenoxy) is 1. The van der Waals surface area contributed by atoms with E-state index in [1.807, 2.05) is 0 Å². The topological polar surface area (TPSA) is 87.7 Å². The Labute approximate surface area is 166 Å². The number of halogens is 2. The van der Waals surface area contributed by atoms with E-state index < -0.39 is 18.0 Å². The molecule has 1 aliphatic heterocycles. The molecular formula is C19H18Cl2N2O4. The number of hydrogen-bond donors (Lipinski definition) is 3. The normalized spacial score (nSPS) is 19.9. The highest BCUT2D eigenvalue weighted by Crippen LogP contribution is 2.32. The molecule has 0 unspecified atom stereocenters. The van der Waals surface area contributed by atoms with Crippen LogP contribution in [0.15, 0.2) is 42.5 Å². The van der Waals surface area contributed by atoms with Crippen LogP contribution in [0.3, 0.4) is 0 Å². The van der Waals surface area contributed by atoms with Gasteiger partial charge in [-0.3, -0.25) is 4.79 Å². The van der Waals surface area contributed by atoms with Gasteiger partial charge in [0.15, 0.2) is 0 Å². The largest absolute Gasteiger partial charge is 0.478 e. The van der Waals surface area contributed by atoms with Gasteiger partial charge in [0.1, 0.15) is 0 Å². The zero-order chi connectivity index (χ0) is 19.4. The SMILES string of the molecule is O=C(O)c1cccc(NC(=O)[C@@H]2CNCCO[C@H]2c2ccc(Cl)c(Cl)c2)c1. The Morgan fingerprint density at radius 3 is 2.70 bits per heavy atom. The number of aromatic carboxylic acids is 1. The Morgan fingerprint density at radius 2 is 1.96 bits per heavy atom. The molecule has 2 atom stereocenters. The molecule has 0 radical (unpaired) electrons. The third kappa shape index (κ3) is 4.78. The van der Waals surface area contributed by atoms with E-state index in [1.54, 1.807) is 30.3 Å². The lowest BCUT2D eigenvalue weighted by Gasteiger charge is -2.24. The standard InChI is InChI=1S/C19H18Cl2N2O4/c20-15-5-4-11(9-16(15)21)17-14(10-22-6-7-27-17)18(24)23-13-3-1-2-12(8-13)19(25)26/h1-5,8-9,14,17,22H,6-7,10H2,(H,23,24)(H,25,26)/t14-,17+/m1/s1. The molecule has 0 aliphatic carbocycles. The van der Waals surface area contributed by atoms with Gasteiger partial charge in [-0.15, -0.1) is 0 Å². The third-order valence-corrected chi connectivity index (χ3v) is 5.03. The van der Waals surface area contributed by atoms with Crippen molar-refractivity contribution in [2.24, 2.45) is 5.92 Å². The van der Waals surface area contributed by atoms with E-state index in [0.29, 0.717) is 35.4 Å². The Bertz CT molecular complexity index is 859. The predicted molar refractivity (Wildman–Crippen MR) is 104 cm³/mol. The van der Waals surface area contributed by atoms with Gasteiger partial charge in [-0.2, -0.15) is 0 Å². The van der Waals surface area contributed by atoms with E-state index in [0.717, 1.165) is 5.56 Å². The number of rotatable bonds is 4. The predicted octanol–water partition coefficient (Wildman–Crippen LogP) is 3.61. The molecular weight excluding hydrogens is 391 g/mol. The molecule has 142 valence electrons. The van der Waals surface area contributed by atoms with Crippen molar-refractivity contribution < 1.29 is 19.4 Å². The molecule has 0 aromatic heterocycles. The van der Waals surface area contributed by atoms with Crippen LogP contribution < -0.4 is 10.6 Å². The molecule has 6 nitrogen and oxygen atoms in total. The Balaban J connectivity index is 1.84. The first-order chi connectivity index (χ1) is 13.0. The molecule has 0 spiro atoms. The van der Waals surface area contributed by atoms with Gasteiger partial charge in [0.25, 0.3) is 0 Å². The van der Waals surface area contributed by atoms with E-state index in [1.165, 1.54) is 12.1 Å². The first-order valence-corrected chi connectivity index (χ1v) is 9.13. The molecule has 3 rings (SSSR count). The number of carbonyl (C=O) groups excluding carboxylic acids is 1. The summed E-state index contributed by atoms with van der Waals surface area (Å²) in [6, 6.07) is 11.3. The van der Waals surface area contributed by atoms with Crippen molar-refractivity contribution in [3.05, 3.63) is 63.6 Å². The number of carboxylic acid groups (broad SMARTS) is 1. The Kier molecular flexibility index (Phi) is 6.34. The van der Waals surface area contributed by atoms with Crippen LogP contribution in [0.4, 0.5) is 5.69 Å². The van der Waals surface area contributed by atoms with Gasteiger partial charge in [-0.05, 0) is 35.9 Å². The molecule has 0 saturated carbocycles. The smallest absolute Gasteiger partial charge is 0.335 e. The number of hydrogen-bond acceptors (Lipinski definition) is 4. The summed E-state index contributed by atoms with van der Waals surface area (Å²) in [7, 11) is 0. The van der Waals surface area contributed by atoms with Gasteiger partial charge < -0.3 is 20.5 Å². The van der Waals surface area contributed by atoms with Crippen molar-refractivity contribution in [2.75, 3.05) is 25.0 Å². The summed E-state index contributed by atoms with van der Waals surface area (Å²) >= 11 is 12.1. The third-order valence-electron chi connectivity index (χ3n) is 4.29. The van der Waals surface area contributed by atoms with Crippen molar-refractivity contribution in [1.82, 2.24) is 5.32 Å². The summed E-state index contributed by atoms with van der Waals surface area (Å²) in [5.41, 5.74) is 1.27. The first-order valence-electron chi connectivity index (χ1n) is 8.37. The number of amides is 1. The second kappa shape index (κ2) is 8.71. The molecule has 3 N–H and O–H groups in total. The summed E-state index contributed by atoms with van der Waals surface area (Å²) in [6.07, 6.45) is -0.502. The lowest BCUT2D eigenvalue weighted by Crippen LogP contribution is -2.35. The summed E-state index contributed by atoms with van der Waals surface area (Å²) in [5, 5.41) is 15.9. The average molecular weight is 409 g/mol. The van der Waals surface area contributed by atoms with Gasteiger partial charge in [0, 0.05) is 18.8 Å². The fourth-order valence-corrected chi connectivity index (χ4v) is 3.26. The minimum Gasteiger partial charge on any atom is -0.478 e. The lowest BCUT2D eigenvalue weighted by atomic mass is 9.94. The number of anilines is 1. The molecule has 27 heavy (non-hydrogen) atoms. The van der Waals surface area contributed by atoms with Gasteiger partial charge in [-0.1, -0.05) is 35.3 Å². The maximum atomic E-state index is 12.9. The number of carboxylic acids is 1. The molecule has 8 heteroatoms. The first kappa shape index (κ1) is 19.6. The summed E-state index contributed by atoms with van der Waals surface area (Å²) in [4.78, 5) is 24.0. The van der Waals surface area contributed by atoms with Crippen molar-refractivity contribution >= 4 is 40.8 Å². The summed E-state index contributed by atoms with van der Waals surface area (Å²) < 4.78 is 5.90. The lowest BCUT2D eigenvalue weighted by molar-refractivity contribution is -0.124. The van der Waals surface area contributed by atoms with Crippen molar-refractivity contribution in [3.8, 4) is 0 Å². The van der Waals surface area contributed by atoms with Crippen LogP contribution >= 0.6 is 23.2 Å². The van der Waals surface area contributed by atoms with Gasteiger partial charge in [0.2, 0.25) is 5.91 Å². The monoisotopic (exact) mass is 408 g/mol. The molecule has 2 aromatic rings. The zero-order valence-corrected chi connectivity index (χ0v) is 15.8. The van der Waals surface area contributed by atoms with E-state index in [-0.39, 0.29) is 11.5 Å². The van der Waals surface area contributed by atoms with E-state index in [4.69, 9.17) is 33.0 Å². The van der Waals surface area contributed by atoms with Crippen LogP contribution in [0.25, 0.3) is 0 Å². The molecule has 0 bridgehead atoms. The Hall–Kier alpha value is -2.12. The van der Waals surface area contributed by atoms with E-state index >= 15 is 0 Å². The van der Waals surface area contributed by atoms with Gasteiger partial charge in [0.05, 0.1) is 34.2 Å². The minimum absolute atomic E-state index is 0.101. The summed E-state index contributed by atoms with van der Waals surface area (Å²) in [5.74, 6) is -1.86. The van der Waals surface area contributed by atoms with Crippen molar-refractivity contribution in [2.45, 2.75) is 6.10 Å². The Morgan fingerprint density at radius 1 is 1.15 bits per heavy atom. The van der Waals surface area contributed by atoms with Crippen LogP contribution in [-0.4, -0.2) is 36.7 Å². The maximum Gasteiger partial charge on any atom is 0.335 e. The number of benzene rings is 2. The second-order valence-electron chi connectivity index (χ2n) is 6.15. The van der Waals surface area contributed by atoms with Crippen LogP contribution in [0, 0.1) is 5.92 Å². The molecule has 2 aromatic carbocycles. The van der Waals surface area contributed by atoms with E-state index in [2.05, 4.69) is 10.6 Å². The molecule has 1 aliphatic rings. The quantitative estimate of drug-likeness (QED) is 0.718. The van der Waals surface area contributed by atoms with Crippen molar-refractivity contribution in [3.63, 3.8) is 0 Å². The van der Waals surface area contributed by atoms with Crippen LogP contribution in [-0.2, 0) is 9.53 Å². The molecule has 1 heterocycles. The minimum atomic E-state index is -1.06. The molecule has 1 saturated heterocycles. The zero-order valence-electron chi connectivity index (χ0n) is 14.2. The average Bonchev–Trinajstić information content (AvgIpc) is 2.90. The van der Waals surface area contributed by atoms with Crippen LogP contribution in [0.2, 0.25) is 10.0 Å².